The standard InChI is InChI=1S/C43H50N4O15/c1-18(2)34(44)41(56)45-19(3)40(55)46-22-11-9-21(10-12-22)17-60-42(57)47-25-13-29(61-20(4)35(25)50)62-27-15-43(58,28(49)16-48)14-24-31(27)39(54)33-32(37(24)52)36(51)23-7-6-8-26(59-5)30(23)38(33)53/h6-12,18-20,25,27,29,34-35,48,50,52,54,58H,13-17,44H2,1-5H3,(H,45,56)(H,46,55)(H,47,57)/t19-,20-,25-,27-,29-,34+,35+,43-/m0/s1. The highest BCUT2D eigenvalue weighted by atomic mass is 16.7. The molecule has 1 heterocycles. The summed E-state index contributed by atoms with van der Waals surface area (Å²) in [6, 6.07) is 7.93. The Kier molecular flexibility index (Phi) is 13.4. The molecule has 1 saturated heterocycles. The fourth-order valence-electron chi connectivity index (χ4n) is 7.81. The molecule has 0 saturated carbocycles. The number of carbonyl (C=O) groups is 6. The fourth-order valence-corrected chi connectivity index (χ4v) is 7.81. The Hall–Kier alpha value is -5.96. The lowest BCUT2D eigenvalue weighted by Gasteiger charge is -2.42. The van der Waals surface area contributed by atoms with Crippen LogP contribution in [0.2, 0.25) is 0 Å². The predicted molar refractivity (Wildman–Crippen MR) is 216 cm³/mol. The van der Waals surface area contributed by atoms with Crippen LogP contribution in [-0.2, 0) is 41.6 Å². The molecule has 1 aliphatic heterocycles. The van der Waals surface area contributed by atoms with E-state index in [0.717, 1.165) is 0 Å². The van der Waals surface area contributed by atoms with Crippen molar-refractivity contribution in [3.63, 3.8) is 0 Å². The second-order valence-corrected chi connectivity index (χ2v) is 16.0. The molecule has 6 rings (SSSR count). The van der Waals surface area contributed by atoms with Gasteiger partial charge in [0, 0.05) is 41.6 Å². The van der Waals surface area contributed by atoms with Crippen LogP contribution < -0.4 is 26.4 Å². The number of aromatic hydroxyl groups is 2. The molecule has 0 radical (unpaired) electrons. The Morgan fingerprint density at radius 2 is 1.65 bits per heavy atom. The summed E-state index contributed by atoms with van der Waals surface area (Å²) in [6.07, 6.45) is -7.54. The Balaban J connectivity index is 1.16. The van der Waals surface area contributed by atoms with E-state index in [1.54, 1.807) is 38.1 Å². The first kappa shape index (κ1) is 45.6. The molecule has 3 aromatic rings. The molecule has 3 aliphatic rings. The summed E-state index contributed by atoms with van der Waals surface area (Å²) >= 11 is 0. The number of methoxy groups -OCH3 is 1. The zero-order valence-electron chi connectivity index (χ0n) is 34.6. The summed E-state index contributed by atoms with van der Waals surface area (Å²) in [5.41, 5.74) is 2.57. The number of ketones is 3. The van der Waals surface area contributed by atoms with Gasteiger partial charge in [0.05, 0.1) is 48.1 Å². The van der Waals surface area contributed by atoms with E-state index in [2.05, 4.69) is 16.0 Å². The van der Waals surface area contributed by atoms with Gasteiger partial charge < -0.3 is 66.2 Å². The number of hydrogen-bond donors (Lipinski definition) is 9. The molecule has 19 heteroatoms. The van der Waals surface area contributed by atoms with E-state index in [1.165, 1.54) is 39.2 Å². The van der Waals surface area contributed by atoms with Crippen LogP contribution in [-0.4, -0.2) is 117 Å². The summed E-state index contributed by atoms with van der Waals surface area (Å²) in [6.45, 7) is 5.28. The maximum atomic E-state index is 14.0. The Morgan fingerprint density at radius 1 is 0.968 bits per heavy atom. The number of phenols is 2. The SMILES string of the molecule is COc1cccc2c1C(=O)c1c(O)c3c(c(O)c1C2=O)C[C@@](O)(C(=O)CO)C[C@@H]3O[C@H]1C[C@H](NC(=O)OCc2ccc(NC(=O)[C@H](C)NC(=O)[C@H](N)C(C)C)cc2)[C@H](O)[C@H](C)O1. The molecule has 332 valence electrons. The van der Waals surface area contributed by atoms with Crippen molar-refractivity contribution >= 4 is 40.9 Å². The first-order valence-electron chi connectivity index (χ1n) is 19.9. The molecule has 3 amide bonds. The summed E-state index contributed by atoms with van der Waals surface area (Å²) in [7, 11) is 1.29. The number of aliphatic hydroxyl groups excluding tert-OH is 2. The molecule has 10 N–H and O–H groups in total. The van der Waals surface area contributed by atoms with Crippen molar-refractivity contribution in [1.82, 2.24) is 10.6 Å². The third kappa shape index (κ3) is 8.85. The first-order valence-corrected chi connectivity index (χ1v) is 19.9. The number of amides is 3. The van der Waals surface area contributed by atoms with E-state index in [1.807, 2.05) is 0 Å². The van der Waals surface area contributed by atoms with Crippen molar-refractivity contribution in [3.8, 4) is 17.2 Å². The van der Waals surface area contributed by atoms with Crippen molar-refractivity contribution < 1.29 is 73.2 Å². The maximum Gasteiger partial charge on any atom is 0.407 e. The minimum Gasteiger partial charge on any atom is -0.507 e. The molecular formula is C43H50N4O15. The van der Waals surface area contributed by atoms with Gasteiger partial charge in [-0.15, -0.1) is 0 Å². The normalized spacial score (nSPS) is 23.9. The summed E-state index contributed by atoms with van der Waals surface area (Å²) in [5.74, 6) is -5.26. The van der Waals surface area contributed by atoms with Gasteiger partial charge >= 0.3 is 6.09 Å². The monoisotopic (exact) mass is 862 g/mol. The number of ether oxygens (including phenoxy) is 4. The molecule has 0 aromatic heterocycles. The van der Waals surface area contributed by atoms with Gasteiger partial charge in [0.25, 0.3) is 0 Å². The molecule has 1 fully saturated rings. The Bertz CT molecular complexity index is 2280. The van der Waals surface area contributed by atoms with E-state index in [9.17, 15) is 54.3 Å². The van der Waals surface area contributed by atoms with Gasteiger partial charge in [-0.3, -0.25) is 24.0 Å². The van der Waals surface area contributed by atoms with Gasteiger partial charge in [-0.05, 0) is 43.5 Å². The number of benzene rings is 3. The Labute approximate surface area is 355 Å². The van der Waals surface area contributed by atoms with Crippen LogP contribution in [0.15, 0.2) is 42.5 Å². The molecule has 0 spiro atoms. The van der Waals surface area contributed by atoms with E-state index < -0.39 is 126 Å². The first-order chi connectivity index (χ1) is 29.3. The van der Waals surface area contributed by atoms with E-state index in [4.69, 9.17) is 24.7 Å². The van der Waals surface area contributed by atoms with Gasteiger partial charge in [0.15, 0.2) is 17.9 Å². The highest BCUT2D eigenvalue weighted by Crippen LogP contribution is 2.52. The number of hydrogen-bond acceptors (Lipinski definition) is 16. The molecule has 0 unspecified atom stereocenters. The number of Topliss-reactive ketones (excluding diaryl/α,β-unsaturated/α-hetero) is 1. The number of fused-ring (bicyclic) bond motifs is 3. The van der Waals surface area contributed by atoms with Crippen molar-refractivity contribution in [2.24, 2.45) is 11.7 Å². The summed E-state index contributed by atoms with van der Waals surface area (Å²) < 4.78 is 22.8. The third-order valence-corrected chi connectivity index (χ3v) is 11.4. The lowest BCUT2D eigenvalue weighted by molar-refractivity contribution is -0.249. The lowest BCUT2D eigenvalue weighted by Crippen LogP contribution is -2.56. The highest BCUT2D eigenvalue weighted by Gasteiger charge is 2.50. The smallest absolute Gasteiger partial charge is 0.407 e. The van der Waals surface area contributed by atoms with Crippen LogP contribution in [0.5, 0.6) is 17.2 Å². The van der Waals surface area contributed by atoms with Crippen molar-refractivity contribution in [1.29, 1.82) is 0 Å². The van der Waals surface area contributed by atoms with Crippen LogP contribution in [0.4, 0.5) is 10.5 Å². The molecule has 19 nitrogen and oxygen atoms in total. The predicted octanol–water partition coefficient (Wildman–Crippen LogP) is 1.40. The number of phenolic OH excluding ortho intramolecular Hbond substituents is 2. The van der Waals surface area contributed by atoms with Gasteiger partial charge in [-0.1, -0.05) is 38.1 Å². The number of anilines is 1. The topological polar surface area (TPSA) is 303 Å². The second-order valence-electron chi connectivity index (χ2n) is 16.0. The summed E-state index contributed by atoms with van der Waals surface area (Å²) in [4.78, 5) is 78.6. The van der Waals surface area contributed by atoms with Crippen LogP contribution in [0.3, 0.4) is 0 Å². The molecule has 3 aromatic carbocycles. The maximum absolute atomic E-state index is 14.0. The number of carbonyl (C=O) groups excluding carboxylic acids is 6. The third-order valence-electron chi connectivity index (χ3n) is 11.4. The minimum atomic E-state index is -2.38. The molecule has 8 atom stereocenters. The van der Waals surface area contributed by atoms with Gasteiger partial charge in [-0.25, -0.2) is 4.79 Å². The number of nitrogens with two attached hydrogens (primary N) is 1. The van der Waals surface area contributed by atoms with Crippen molar-refractivity contribution in [3.05, 3.63) is 81.4 Å². The number of rotatable bonds is 13. The zero-order chi connectivity index (χ0) is 45.4. The zero-order valence-corrected chi connectivity index (χ0v) is 34.6. The van der Waals surface area contributed by atoms with Gasteiger partial charge in [0.1, 0.15) is 48.2 Å². The highest BCUT2D eigenvalue weighted by molar-refractivity contribution is 6.31. The molecular weight excluding hydrogens is 812 g/mol. The second kappa shape index (κ2) is 18.2. The molecule has 0 bridgehead atoms. The van der Waals surface area contributed by atoms with E-state index >= 15 is 0 Å². The largest absolute Gasteiger partial charge is 0.507 e. The fraction of sp³-hybridized carbons (Fsp3) is 0.442. The van der Waals surface area contributed by atoms with E-state index in [0.29, 0.717) is 11.3 Å². The van der Waals surface area contributed by atoms with Crippen LogP contribution in [0, 0.1) is 5.92 Å². The summed E-state index contributed by atoms with van der Waals surface area (Å²) in [5, 5.41) is 63.6. The van der Waals surface area contributed by atoms with Crippen molar-refractivity contribution in [2.75, 3.05) is 19.0 Å². The molecule has 62 heavy (non-hydrogen) atoms. The Morgan fingerprint density at radius 3 is 2.29 bits per heavy atom. The molecule has 2 aliphatic carbocycles. The van der Waals surface area contributed by atoms with Gasteiger partial charge in [-0.2, -0.15) is 0 Å². The van der Waals surface area contributed by atoms with Crippen molar-refractivity contribution in [2.45, 2.75) is 102 Å². The van der Waals surface area contributed by atoms with Gasteiger partial charge in [0.2, 0.25) is 17.6 Å². The number of aliphatic hydroxyl groups is 3. The number of alkyl carbamates (subject to hydrolysis) is 1. The lowest BCUT2D eigenvalue weighted by atomic mass is 9.72. The van der Waals surface area contributed by atoms with Crippen LogP contribution in [0.1, 0.15) is 95.2 Å². The average molecular weight is 863 g/mol. The minimum absolute atomic E-state index is 0.0419. The average Bonchev–Trinajstić information content (AvgIpc) is 3.24. The quantitative estimate of drug-likeness (QED) is 0.0858. The number of nitrogens with one attached hydrogen (secondary N) is 3. The van der Waals surface area contributed by atoms with Crippen LogP contribution >= 0.6 is 0 Å². The van der Waals surface area contributed by atoms with Crippen LogP contribution in [0.25, 0.3) is 0 Å². The van der Waals surface area contributed by atoms with E-state index in [-0.39, 0.29) is 46.9 Å².